The summed E-state index contributed by atoms with van der Waals surface area (Å²) >= 11 is 0. The number of aryl methyl sites for hydroxylation is 2. The first kappa shape index (κ1) is 19.8. The van der Waals surface area contributed by atoms with Crippen molar-refractivity contribution in [3.63, 3.8) is 0 Å². The summed E-state index contributed by atoms with van der Waals surface area (Å²) in [6, 6.07) is 5.73. The summed E-state index contributed by atoms with van der Waals surface area (Å²) in [4.78, 5) is 25.4. The van der Waals surface area contributed by atoms with E-state index in [1.807, 2.05) is 45.9 Å². The molecule has 2 aliphatic carbocycles. The summed E-state index contributed by atoms with van der Waals surface area (Å²) in [5.41, 5.74) is 3.80. The highest BCUT2D eigenvalue weighted by Gasteiger charge is 2.34. The zero-order valence-electron chi connectivity index (χ0n) is 16.1. The highest BCUT2D eigenvalue weighted by molar-refractivity contribution is 6.13. The van der Waals surface area contributed by atoms with Crippen LogP contribution in [0.1, 0.15) is 59.0 Å². The van der Waals surface area contributed by atoms with E-state index in [1.165, 1.54) is 0 Å². The highest BCUT2D eigenvalue weighted by Crippen LogP contribution is 2.44. The van der Waals surface area contributed by atoms with E-state index in [2.05, 4.69) is 0 Å². The lowest BCUT2D eigenvalue weighted by Gasteiger charge is -2.09. The van der Waals surface area contributed by atoms with E-state index in [1.54, 1.807) is 6.92 Å². The van der Waals surface area contributed by atoms with Gasteiger partial charge in [-0.1, -0.05) is 30.7 Å². The number of carbonyl (C=O) groups excluding carboxylic acids is 2. The Morgan fingerprint density at radius 2 is 1.62 bits per heavy atom. The van der Waals surface area contributed by atoms with Crippen LogP contribution in [0.25, 0.3) is 11.1 Å². The summed E-state index contributed by atoms with van der Waals surface area (Å²) in [6.45, 7) is 10.2. The van der Waals surface area contributed by atoms with E-state index in [4.69, 9.17) is 14.2 Å². The summed E-state index contributed by atoms with van der Waals surface area (Å²) < 4.78 is 16.3. The molecule has 0 aromatic rings. The Morgan fingerprint density at radius 3 is 2.23 bits per heavy atom. The van der Waals surface area contributed by atoms with Gasteiger partial charge in [-0.3, -0.25) is 0 Å². The Bertz CT molecular complexity index is 779. The molecular formula is C21H26O5. The van der Waals surface area contributed by atoms with Gasteiger partial charge in [0.1, 0.15) is 16.9 Å². The topological polar surface area (TPSA) is 61.8 Å². The molecule has 26 heavy (non-hydrogen) atoms. The van der Waals surface area contributed by atoms with Crippen LogP contribution in [-0.4, -0.2) is 31.8 Å². The van der Waals surface area contributed by atoms with Crippen molar-refractivity contribution >= 4 is 11.9 Å². The molecule has 0 saturated carbocycles. The van der Waals surface area contributed by atoms with E-state index in [-0.39, 0.29) is 17.9 Å². The quantitative estimate of drug-likeness (QED) is 0.680. The lowest BCUT2D eigenvalue weighted by atomic mass is 10.0. The Labute approximate surface area is 154 Å². The maximum Gasteiger partial charge on any atom is 0.342 e. The molecule has 140 valence electrons. The third-order valence-electron chi connectivity index (χ3n) is 4.00. The number of ether oxygens (including phenoxy) is 3. The zero-order chi connectivity index (χ0) is 19.3. The molecule has 0 heterocycles. The molecule has 0 fully saturated rings. The largest absolute Gasteiger partial charge is 0.492 e. The summed E-state index contributed by atoms with van der Waals surface area (Å²) in [5.74, 6) is -0.740. The molecule has 2 rings (SSSR count). The van der Waals surface area contributed by atoms with Crippen molar-refractivity contribution in [2.45, 2.75) is 41.0 Å². The molecule has 0 amide bonds. The van der Waals surface area contributed by atoms with Crippen LogP contribution in [0.15, 0.2) is 18.2 Å². The average molecular weight is 358 g/mol. The van der Waals surface area contributed by atoms with Gasteiger partial charge >= 0.3 is 11.9 Å². The standard InChI is InChI=1S/C21H26O5/c1-6-11-26-20(22)17-15-10-9-13(4)12-14(5)16(15)18(19(17)24-7-2)21(23)25-8-3/h9-10,12H,6-8,11H2,1-5H3. The van der Waals surface area contributed by atoms with Crippen molar-refractivity contribution in [1.82, 2.24) is 0 Å². The molecule has 0 N–H and O–H groups in total. The fourth-order valence-corrected chi connectivity index (χ4v) is 3.03. The van der Waals surface area contributed by atoms with Gasteiger partial charge in [-0.15, -0.1) is 0 Å². The van der Waals surface area contributed by atoms with Crippen LogP contribution in [0.5, 0.6) is 5.75 Å². The van der Waals surface area contributed by atoms with Gasteiger partial charge in [0.25, 0.3) is 0 Å². The normalized spacial score (nSPS) is 10.7. The molecule has 5 nitrogen and oxygen atoms in total. The molecular weight excluding hydrogens is 332 g/mol. The van der Waals surface area contributed by atoms with Gasteiger partial charge in [0, 0.05) is 11.1 Å². The van der Waals surface area contributed by atoms with Crippen LogP contribution in [0.3, 0.4) is 0 Å². The predicted molar refractivity (Wildman–Crippen MR) is 100 cm³/mol. The van der Waals surface area contributed by atoms with E-state index >= 15 is 0 Å². The van der Waals surface area contributed by atoms with Crippen molar-refractivity contribution in [2.24, 2.45) is 0 Å². The third kappa shape index (κ3) is 3.82. The average Bonchev–Trinajstić information content (AvgIpc) is 2.85. The van der Waals surface area contributed by atoms with Gasteiger partial charge in [0.05, 0.1) is 19.8 Å². The Morgan fingerprint density at radius 1 is 0.923 bits per heavy atom. The fraction of sp³-hybridized carbons (Fsp3) is 0.429. The molecule has 0 aliphatic heterocycles. The molecule has 0 aromatic carbocycles. The molecule has 2 aliphatic rings. The Hall–Kier alpha value is -2.56. The number of esters is 2. The van der Waals surface area contributed by atoms with Crippen LogP contribution in [-0.2, 0) is 9.47 Å². The summed E-state index contributed by atoms with van der Waals surface area (Å²) in [7, 11) is 0. The van der Waals surface area contributed by atoms with Crippen molar-refractivity contribution in [2.75, 3.05) is 19.8 Å². The number of hydrogen-bond donors (Lipinski definition) is 0. The molecule has 0 aromatic heterocycles. The molecule has 0 unspecified atom stereocenters. The Balaban J connectivity index is 2.83. The van der Waals surface area contributed by atoms with E-state index in [0.717, 1.165) is 11.1 Å². The van der Waals surface area contributed by atoms with Crippen LogP contribution in [0.4, 0.5) is 0 Å². The molecule has 0 atom stereocenters. The second-order valence-corrected chi connectivity index (χ2v) is 6.06. The van der Waals surface area contributed by atoms with Crippen molar-refractivity contribution in [3.8, 4) is 16.9 Å². The van der Waals surface area contributed by atoms with Crippen LogP contribution in [0, 0.1) is 13.8 Å². The first-order valence-electron chi connectivity index (χ1n) is 9.00. The second-order valence-electron chi connectivity index (χ2n) is 6.06. The minimum atomic E-state index is -0.498. The van der Waals surface area contributed by atoms with Crippen LogP contribution >= 0.6 is 0 Å². The minimum Gasteiger partial charge on any atom is -0.492 e. The number of hydrogen-bond acceptors (Lipinski definition) is 5. The zero-order valence-corrected chi connectivity index (χ0v) is 16.1. The molecule has 0 bridgehead atoms. The summed E-state index contributed by atoms with van der Waals surface area (Å²) in [6.07, 6.45) is 0.713. The van der Waals surface area contributed by atoms with Gasteiger partial charge in [-0.25, -0.2) is 9.59 Å². The third-order valence-corrected chi connectivity index (χ3v) is 4.00. The summed E-state index contributed by atoms with van der Waals surface area (Å²) in [5, 5.41) is 0. The van der Waals surface area contributed by atoms with Crippen molar-refractivity contribution in [3.05, 3.63) is 40.5 Å². The van der Waals surface area contributed by atoms with Gasteiger partial charge in [-0.05, 0) is 39.7 Å². The van der Waals surface area contributed by atoms with Gasteiger partial charge in [0.2, 0.25) is 0 Å². The molecule has 0 spiro atoms. The van der Waals surface area contributed by atoms with E-state index < -0.39 is 11.9 Å². The highest BCUT2D eigenvalue weighted by atomic mass is 16.5. The van der Waals surface area contributed by atoms with Crippen molar-refractivity contribution < 1.29 is 23.8 Å². The van der Waals surface area contributed by atoms with E-state index in [9.17, 15) is 9.59 Å². The molecule has 0 saturated heterocycles. The molecule has 5 heteroatoms. The second kappa shape index (κ2) is 8.70. The first-order valence-corrected chi connectivity index (χ1v) is 9.00. The van der Waals surface area contributed by atoms with E-state index in [0.29, 0.717) is 36.3 Å². The lowest BCUT2D eigenvalue weighted by Crippen LogP contribution is -2.10. The maximum atomic E-state index is 12.8. The Kier molecular flexibility index (Phi) is 6.61. The minimum absolute atomic E-state index is 0.240. The fourth-order valence-electron chi connectivity index (χ4n) is 3.03. The predicted octanol–water partition coefficient (Wildman–Crippen LogP) is 4.55. The van der Waals surface area contributed by atoms with Gasteiger partial charge in [0.15, 0.2) is 0 Å². The number of carbonyl (C=O) groups is 2. The number of rotatable bonds is 7. The SMILES string of the molecule is CCCOC(=O)c1c2ccc(C)cc(C)c-2c(C(=O)OCC)c1OCC. The van der Waals surface area contributed by atoms with Crippen LogP contribution < -0.4 is 4.74 Å². The van der Waals surface area contributed by atoms with Crippen molar-refractivity contribution in [1.29, 1.82) is 0 Å². The monoisotopic (exact) mass is 358 g/mol. The maximum absolute atomic E-state index is 12.8. The van der Waals surface area contributed by atoms with Gasteiger partial charge < -0.3 is 14.2 Å². The van der Waals surface area contributed by atoms with Gasteiger partial charge in [-0.2, -0.15) is 0 Å². The first-order chi connectivity index (χ1) is 12.5. The van der Waals surface area contributed by atoms with Crippen LogP contribution in [0.2, 0.25) is 0 Å². The lowest BCUT2D eigenvalue weighted by molar-refractivity contribution is 0.0502. The number of fused-ring (bicyclic) bond motifs is 1. The molecule has 0 radical (unpaired) electrons. The smallest absolute Gasteiger partial charge is 0.342 e.